The molecule has 0 saturated carbocycles. The topological polar surface area (TPSA) is 37.8 Å². The quantitative estimate of drug-likeness (QED) is 0.878. The van der Waals surface area contributed by atoms with Gasteiger partial charge in [-0.05, 0) is 30.9 Å². The SMILES string of the molecule is CNC1c2ccccc2CC1Sc1nnc(SC)s1. The fourth-order valence-electron chi connectivity index (χ4n) is 2.47. The lowest BCUT2D eigenvalue weighted by Gasteiger charge is -2.17. The van der Waals surface area contributed by atoms with Gasteiger partial charge in [0, 0.05) is 11.3 Å². The summed E-state index contributed by atoms with van der Waals surface area (Å²) in [5.41, 5.74) is 2.88. The Hall–Kier alpha value is -0.560. The second-order valence-electron chi connectivity index (χ2n) is 4.36. The molecule has 2 aromatic rings. The number of hydrogen-bond donors (Lipinski definition) is 1. The van der Waals surface area contributed by atoms with Crippen molar-refractivity contribution in [2.45, 2.75) is 26.4 Å². The summed E-state index contributed by atoms with van der Waals surface area (Å²) in [6.45, 7) is 0. The summed E-state index contributed by atoms with van der Waals surface area (Å²) in [5.74, 6) is 0. The van der Waals surface area contributed by atoms with Gasteiger partial charge in [-0.3, -0.25) is 0 Å². The molecule has 0 radical (unpaired) electrons. The first-order valence-electron chi connectivity index (χ1n) is 6.11. The lowest BCUT2D eigenvalue weighted by Crippen LogP contribution is -2.23. The van der Waals surface area contributed by atoms with Gasteiger partial charge in [-0.1, -0.05) is 59.1 Å². The third kappa shape index (κ3) is 2.67. The molecule has 1 N–H and O–H groups in total. The largest absolute Gasteiger partial charge is 0.312 e. The molecule has 1 aliphatic carbocycles. The Labute approximate surface area is 125 Å². The number of rotatable bonds is 4. The van der Waals surface area contributed by atoms with Gasteiger partial charge in [0.2, 0.25) is 0 Å². The van der Waals surface area contributed by atoms with Gasteiger partial charge in [-0.25, -0.2) is 0 Å². The smallest absolute Gasteiger partial charge is 0.175 e. The van der Waals surface area contributed by atoms with E-state index < -0.39 is 0 Å². The minimum atomic E-state index is 0.405. The predicted molar refractivity (Wildman–Crippen MR) is 83.3 cm³/mol. The second kappa shape index (κ2) is 5.83. The number of nitrogens with zero attached hydrogens (tertiary/aromatic N) is 2. The van der Waals surface area contributed by atoms with E-state index in [4.69, 9.17) is 0 Å². The standard InChI is InChI=1S/C13H15N3S3/c1-14-11-9-6-4-3-5-8(9)7-10(11)18-13-16-15-12(17-2)19-13/h3-6,10-11,14H,7H2,1-2H3. The van der Waals surface area contributed by atoms with Gasteiger partial charge in [0.15, 0.2) is 8.68 Å². The number of thioether (sulfide) groups is 2. The number of hydrogen-bond acceptors (Lipinski definition) is 6. The maximum Gasteiger partial charge on any atom is 0.175 e. The summed E-state index contributed by atoms with van der Waals surface area (Å²) in [6, 6.07) is 9.10. The number of aromatic nitrogens is 2. The van der Waals surface area contributed by atoms with Crippen LogP contribution in [0.5, 0.6) is 0 Å². The molecule has 6 heteroatoms. The van der Waals surface area contributed by atoms with Crippen molar-refractivity contribution in [3.8, 4) is 0 Å². The van der Waals surface area contributed by atoms with Crippen LogP contribution in [0.15, 0.2) is 32.9 Å². The van der Waals surface area contributed by atoms with E-state index in [1.807, 2.05) is 25.1 Å². The Kier molecular flexibility index (Phi) is 4.12. The molecule has 0 fully saturated rings. The van der Waals surface area contributed by atoms with Crippen molar-refractivity contribution in [1.82, 2.24) is 15.5 Å². The van der Waals surface area contributed by atoms with E-state index >= 15 is 0 Å². The molecular formula is C13H15N3S3. The first kappa shape index (κ1) is 13.4. The summed E-state index contributed by atoms with van der Waals surface area (Å²) in [5, 5.41) is 12.4. The van der Waals surface area contributed by atoms with Crippen LogP contribution in [0, 0.1) is 0 Å². The van der Waals surface area contributed by atoms with Crippen molar-refractivity contribution in [3.63, 3.8) is 0 Å². The molecular weight excluding hydrogens is 294 g/mol. The van der Waals surface area contributed by atoms with Gasteiger partial charge in [0.05, 0.1) is 0 Å². The van der Waals surface area contributed by atoms with Crippen LogP contribution >= 0.6 is 34.9 Å². The van der Waals surface area contributed by atoms with Gasteiger partial charge in [0.1, 0.15) is 0 Å². The zero-order valence-corrected chi connectivity index (χ0v) is 13.2. The lowest BCUT2D eigenvalue weighted by atomic mass is 10.1. The van der Waals surface area contributed by atoms with Crippen LogP contribution in [-0.4, -0.2) is 28.8 Å². The van der Waals surface area contributed by atoms with Crippen LogP contribution in [0.4, 0.5) is 0 Å². The van der Waals surface area contributed by atoms with Crippen molar-refractivity contribution in [2.75, 3.05) is 13.3 Å². The minimum Gasteiger partial charge on any atom is -0.312 e. The van der Waals surface area contributed by atoms with Crippen molar-refractivity contribution >= 4 is 34.9 Å². The molecule has 3 rings (SSSR count). The second-order valence-corrected chi connectivity index (χ2v) is 7.88. The molecule has 0 saturated heterocycles. The van der Waals surface area contributed by atoms with Crippen LogP contribution in [0.25, 0.3) is 0 Å². The third-order valence-corrected chi connectivity index (χ3v) is 6.57. The average Bonchev–Trinajstić information content (AvgIpc) is 3.02. The van der Waals surface area contributed by atoms with Gasteiger partial charge < -0.3 is 5.32 Å². The summed E-state index contributed by atoms with van der Waals surface area (Å²) in [4.78, 5) is 0. The third-order valence-electron chi connectivity index (χ3n) is 3.31. The molecule has 2 atom stereocenters. The molecule has 2 unspecified atom stereocenters. The van der Waals surface area contributed by atoms with Gasteiger partial charge in [-0.15, -0.1) is 10.2 Å². The van der Waals surface area contributed by atoms with E-state index in [0.717, 1.165) is 15.1 Å². The molecule has 1 aromatic heterocycles. The maximum absolute atomic E-state index is 4.26. The van der Waals surface area contributed by atoms with E-state index in [1.54, 1.807) is 23.1 Å². The highest BCUT2D eigenvalue weighted by atomic mass is 32.2. The first-order chi connectivity index (χ1) is 9.31. The Bertz CT molecular complexity index is 570. The van der Waals surface area contributed by atoms with E-state index in [1.165, 1.54) is 11.1 Å². The number of fused-ring (bicyclic) bond motifs is 1. The van der Waals surface area contributed by atoms with Crippen molar-refractivity contribution < 1.29 is 0 Å². The Morgan fingerprint density at radius 1 is 1.26 bits per heavy atom. The Morgan fingerprint density at radius 3 is 2.79 bits per heavy atom. The summed E-state index contributed by atoms with van der Waals surface area (Å²) in [6.07, 6.45) is 3.14. The molecule has 0 spiro atoms. The maximum atomic E-state index is 4.26. The fourth-order valence-corrected chi connectivity index (χ4v) is 5.46. The molecule has 100 valence electrons. The van der Waals surface area contributed by atoms with E-state index in [2.05, 4.69) is 39.8 Å². The highest BCUT2D eigenvalue weighted by molar-refractivity contribution is 8.03. The van der Waals surface area contributed by atoms with Gasteiger partial charge in [-0.2, -0.15) is 0 Å². The van der Waals surface area contributed by atoms with Crippen LogP contribution in [0.2, 0.25) is 0 Å². The van der Waals surface area contributed by atoms with Crippen molar-refractivity contribution in [2.24, 2.45) is 0 Å². The molecule has 1 aromatic carbocycles. The zero-order valence-electron chi connectivity index (χ0n) is 10.8. The highest BCUT2D eigenvalue weighted by Crippen LogP contribution is 2.42. The molecule has 3 nitrogen and oxygen atoms in total. The van der Waals surface area contributed by atoms with Crippen LogP contribution < -0.4 is 5.32 Å². The molecule has 1 heterocycles. The van der Waals surface area contributed by atoms with Crippen LogP contribution in [-0.2, 0) is 6.42 Å². The van der Waals surface area contributed by atoms with Crippen LogP contribution in [0.3, 0.4) is 0 Å². The molecule has 1 aliphatic rings. The molecule has 0 bridgehead atoms. The monoisotopic (exact) mass is 309 g/mol. The lowest BCUT2D eigenvalue weighted by molar-refractivity contribution is 0.603. The highest BCUT2D eigenvalue weighted by Gasteiger charge is 2.32. The summed E-state index contributed by atoms with van der Waals surface area (Å²) in [7, 11) is 2.04. The van der Waals surface area contributed by atoms with Gasteiger partial charge in [0.25, 0.3) is 0 Å². The summed E-state index contributed by atoms with van der Waals surface area (Å²) < 4.78 is 2.11. The van der Waals surface area contributed by atoms with E-state index in [-0.39, 0.29) is 0 Å². The van der Waals surface area contributed by atoms with Crippen molar-refractivity contribution in [1.29, 1.82) is 0 Å². The predicted octanol–water partition coefficient (Wildman–Crippen LogP) is 3.24. The molecule has 0 amide bonds. The number of nitrogens with one attached hydrogen (secondary N) is 1. The summed E-state index contributed by atoms with van der Waals surface area (Å²) >= 11 is 5.19. The normalized spacial score (nSPS) is 21.6. The van der Waals surface area contributed by atoms with E-state index in [9.17, 15) is 0 Å². The fraction of sp³-hybridized carbons (Fsp3) is 0.385. The van der Waals surface area contributed by atoms with Crippen LogP contribution in [0.1, 0.15) is 17.2 Å². The van der Waals surface area contributed by atoms with Gasteiger partial charge >= 0.3 is 0 Å². The molecule has 0 aliphatic heterocycles. The Morgan fingerprint density at radius 2 is 2.05 bits per heavy atom. The average molecular weight is 309 g/mol. The first-order valence-corrected chi connectivity index (χ1v) is 9.03. The van der Waals surface area contributed by atoms with Crippen molar-refractivity contribution in [3.05, 3.63) is 35.4 Å². The molecule has 19 heavy (non-hydrogen) atoms. The minimum absolute atomic E-state index is 0.405. The number of benzene rings is 1. The zero-order chi connectivity index (χ0) is 13.2. The van der Waals surface area contributed by atoms with E-state index in [0.29, 0.717) is 11.3 Å². The Balaban J connectivity index is 1.79.